The van der Waals surface area contributed by atoms with Gasteiger partial charge in [0.1, 0.15) is 0 Å². The van der Waals surface area contributed by atoms with Crippen LogP contribution in [0.2, 0.25) is 0 Å². The highest BCUT2D eigenvalue weighted by atomic mass is 32.2. The highest BCUT2D eigenvalue weighted by Crippen LogP contribution is 2.12. The van der Waals surface area contributed by atoms with Crippen LogP contribution in [-0.4, -0.2) is 45.3 Å². The van der Waals surface area contributed by atoms with Gasteiger partial charge < -0.3 is 10.2 Å². The van der Waals surface area contributed by atoms with Crippen LogP contribution in [0.3, 0.4) is 0 Å². The molecule has 2 amide bonds. The number of hydrogen-bond acceptors (Lipinski definition) is 5. The predicted octanol–water partition coefficient (Wildman–Crippen LogP) is 1.94. The van der Waals surface area contributed by atoms with Crippen LogP contribution in [0.1, 0.15) is 40.1 Å². The average Bonchev–Trinajstić information content (AvgIpc) is 2.71. The van der Waals surface area contributed by atoms with Gasteiger partial charge in [-0.15, -0.1) is 0 Å². The van der Waals surface area contributed by atoms with Gasteiger partial charge in [-0.25, -0.2) is 8.42 Å². The first kappa shape index (κ1) is 22.5. The maximum Gasteiger partial charge on any atom is 0.262 e. The van der Waals surface area contributed by atoms with E-state index in [0.29, 0.717) is 11.1 Å². The lowest BCUT2D eigenvalue weighted by atomic mass is 10.1. The summed E-state index contributed by atoms with van der Waals surface area (Å²) in [7, 11) is -0.814. The summed E-state index contributed by atoms with van der Waals surface area (Å²) in [4.78, 5) is 32.6. The summed E-state index contributed by atoms with van der Waals surface area (Å²) in [5.74, 6) is -0.401. The number of carbonyl (C=O) groups is 2. The summed E-state index contributed by atoms with van der Waals surface area (Å²) < 4.78 is 23.6. The molecule has 0 bridgehead atoms. The van der Waals surface area contributed by atoms with Crippen molar-refractivity contribution in [2.75, 3.05) is 14.2 Å². The summed E-state index contributed by atoms with van der Waals surface area (Å²) in [6.45, 7) is 4.16. The van der Waals surface area contributed by atoms with Crippen LogP contribution < -0.4 is 10.2 Å². The molecule has 29 heavy (non-hydrogen) atoms. The van der Waals surface area contributed by atoms with E-state index in [-0.39, 0.29) is 29.3 Å². The molecule has 2 aromatic carbocycles. The molecule has 0 aliphatic heterocycles. The molecule has 0 fully saturated rings. The van der Waals surface area contributed by atoms with Gasteiger partial charge in [-0.05, 0) is 55.8 Å². The quantitative estimate of drug-likeness (QED) is 0.636. The average molecular weight is 420 g/mol. The first-order chi connectivity index (χ1) is 13.7. The van der Waals surface area contributed by atoms with Crippen molar-refractivity contribution < 1.29 is 22.8 Å². The molecule has 156 valence electrons. The van der Waals surface area contributed by atoms with Crippen LogP contribution in [0.5, 0.6) is 0 Å². The van der Waals surface area contributed by atoms with Gasteiger partial charge in [-0.2, -0.15) is 0 Å². The van der Waals surface area contributed by atoms with Gasteiger partial charge in [0.25, 0.3) is 21.8 Å². The molecule has 0 unspecified atom stereocenters. The van der Waals surface area contributed by atoms with Gasteiger partial charge in [0.2, 0.25) is 0 Å². The van der Waals surface area contributed by atoms with Crippen molar-refractivity contribution in [2.24, 2.45) is 0 Å². The molecule has 0 spiro atoms. The second-order valence-corrected chi connectivity index (χ2v) is 8.35. The number of nitrogens with zero attached hydrogens (tertiary/aromatic N) is 1. The van der Waals surface area contributed by atoms with Crippen LogP contribution in [0.4, 0.5) is 0 Å². The standard InChI is InChI=1S/C20H25N3O5S/c1-14(2)23(3)20(25)17-7-5-15(6-8-17)13-21-19(24)16-9-11-18(12-10-16)29(26,27)22-28-4/h5-12,14,22H,13H2,1-4H3,(H,21,24). The molecular formula is C20H25N3O5S. The molecule has 9 heteroatoms. The van der Waals surface area contributed by atoms with E-state index < -0.39 is 10.0 Å². The van der Waals surface area contributed by atoms with E-state index in [1.807, 2.05) is 18.7 Å². The predicted molar refractivity (Wildman–Crippen MR) is 109 cm³/mol. The fourth-order valence-corrected chi connectivity index (χ4v) is 3.24. The number of benzene rings is 2. The molecule has 8 nitrogen and oxygen atoms in total. The highest BCUT2D eigenvalue weighted by molar-refractivity contribution is 7.89. The van der Waals surface area contributed by atoms with Crippen LogP contribution in [0, 0.1) is 0 Å². The summed E-state index contributed by atoms with van der Waals surface area (Å²) in [5, 5.41) is 2.76. The molecule has 0 saturated carbocycles. The lowest BCUT2D eigenvalue weighted by Crippen LogP contribution is -2.32. The van der Waals surface area contributed by atoms with E-state index in [9.17, 15) is 18.0 Å². The molecular weight excluding hydrogens is 394 g/mol. The lowest BCUT2D eigenvalue weighted by Gasteiger charge is -2.21. The second-order valence-electron chi connectivity index (χ2n) is 6.70. The van der Waals surface area contributed by atoms with Gasteiger partial charge in [0.05, 0.1) is 12.0 Å². The second kappa shape index (κ2) is 9.64. The van der Waals surface area contributed by atoms with E-state index >= 15 is 0 Å². The first-order valence-corrected chi connectivity index (χ1v) is 10.4. The Labute approximate surface area is 170 Å². The monoisotopic (exact) mass is 419 g/mol. The van der Waals surface area contributed by atoms with Crippen molar-refractivity contribution in [1.82, 2.24) is 15.1 Å². The first-order valence-electron chi connectivity index (χ1n) is 8.95. The van der Waals surface area contributed by atoms with Crippen molar-refractivity contribution in [3.8, 4) is 0 Å². The Kier molecular flexibility index (Phi) is 7.49. The lowest BCUT2D eigenvalue weighted by molar-refractivity contribution is 0.0754. The number of amides is 2. The molecule has 0 aliphatic carbocycles. The molecule has 0 aromatic heterocycles. The minimum Gasteiger partial charge on any atom is -0.348 e. The minimum atomic E-state index is -3.77. The van der Waals surface area contributed by atoms with Crippen LogP contribution in [0.25, 0.3) is 0 Å². The summed E-state index contributed by atoms with van der Waals surface area (Å²) >= 11 is 0. The Balaban J connectivity index is 1.98. The van der Waals surface area contributed by atoms with E-state index in [1.165, 1.54) is 31.4 Å². The number of rotatable bonds is 8. The molecule has 0 saturated heterocycles. The normalized spacial score (nSPS) is 11.3. The van der Waals surface area contributed by atoms with E-state index in [0.717, 1.165) is 5.56 Å². The maximum atomic E-state index is 12.3. The van der Waals surface area contributed by atoms with Gasteiger partial charge in [0, 0.05) is 30.8 Å². The summed E-state index contributed by atoms with van der Waals surface area (Å²) in [5.41, 5.74) is 1.75. The molecule has 0 aliphatic rings. The molecule has 2 aromatic rings. The van der Waals surface area contributed by atoms with E-state index in [2.05, 4.69) is 10.2 Å². The fraction of sp³-hybridized carbons (Fsp3) is 0.300. The zero-order valence-corrected chi connectivity index (χ0v) is 17.6. The van der Waals surface area contributed by atoms with Crippen LogP contribution in [-0.2, 0) is 21.4 Å². The topological polar surface area (TPSA) is 105 Å². The Morgan fingerprint density at radius 1 is 1.00 bits per heavy atom. The van der Waals surface area contributed by atoms with E-state index in [4.69, 9.17) is 0 Å². The SMILES string of the molecule is CONS(=O)(=O)c1ccc(C(=O)NCc2ccc(C(=O)N(C)C(C)C)cc2)cc1. The van der Waals surface area contributed by atoms with Crippen LogP contribution in [0.15, 0.2) is 53.4 Å². The Morgan fingerprint density at radius 2 is 1.55 bits per heavy atom. The van der Waals surface area contributed by atoms with Gasteiger partial charge in [0.15, 0.2) is 0 Å². The molecule has 0 atom stereocenters. The summed E-state index contributed by atoms with van der Waals surface area (Å²) in [6.07, 6.45) is 0. The number of nitrogens with one attached hydrogen (secondary N) is 2. The maximum absolute atomic E-state index is 12.3. The van der Waals surface area contributed by atoms with E-state index in [1.54, 1.807) is 36.2 Å². The smallest absolute Gasteiger partial charge is 0.262 e. The number of carbonyl (C=O) groups excluding carboxylic acids is 2. The van der Waals surface area contributed by atoms with Crippen LogP contribution >= 0.6 is 0 Å². The highest BCUT2D eigenvalue weighted by Gasteiger charge is 2.15. The largest absolute Gasteiger partial charge is 0.348 e. The molecule has 0 heterocycles. The third kappa shape index (κ3) is 5.86. The van der Waals surface area contributed by atoms with Crippen molar-refractivity contribution >= 4 is 21.8 Å². The van der Waals surface area contributed by atoms with Crippen molar-refractivity contribution in [3.05, 3.63) is 65.2 Å². The third-order valence-corrected chi connectivity index (χ3v) is 5.65. The van der Waals surface area contributed by atoms with Crippen molar-refractivity contribution in [3.63, 3.8) is 0 Å². The van der Waals surface area contributed by atoms with Gasteiger partial charge in [-0.1, -0.05) is 17.0 Å². The fourth-order valence-electron chi connectivity index (χ4n) is 2.43. The number of sulfonamides is 1. The molecule has 2 rings (SSSR count). The molecule has 2 N–H and O–H groups in total. The minimum absolute atomic E-state index is 0.0116. The number of hydrogen-bond donors (Lipinski definition) is 2. The van der Waals surface area contributed by atoms with Crippen molar-refractivity contribution in [1.29, 1.82) is 0 Å². The third-order valence-electron chi connectivity index (χ3n) is 4.37. The zero-order chi connectivity index (χ0) is 21.6. The van der Waals surface area contributed by atoms with Crippen molar-refractivity contribution in [2.45, 2.75) is 31.3 Å². The van der Waals surface area contributed by atoms with Gasteiger partial charge in [-0.3, -0.25) is 14.4 Å². The Hall–Kier alpha value is -2.75. The van der Waals surface area contributed by atoms with Gasteiger partial charge >= 0.3 is 0 Å². The molecule has 0 radical (unpaired) electrons. The Bertz CT molecular complexity index is 955. The zero-order valence-electron chi connectivity index (χ0n) is 16.8. The summed E-state index contributed by atoms with van der Waals surface area (Å²) in [6, 6.07) is 12.6. The Morgan fingerprint density at radius 3 is 2.07 bits per heavy atom.